The molecule has 0 radical (unpaired) electrons. The Hall–Kier alpha value is -0.120. The third-order valence-corrected chi connectivity index (χ3v) is 2.43. The minimum atomic E-state index is -0.185. The second kappa shape index (κ2) is 4.80. The molecule has 0 aromatic rings. The van der Waals surface area contributed by atoms with E-state index in [9.17, 15) is 0 Å². The molecule has 1 aliphatic heterocycles. The molecule has 0 aliphatic carbocycles. The summed E-state index contributed by atoms with van der Waals surface area (Å²) in [5.74, 6) is 0. The van der Waals surface area contributed by atoms with Crippen molar-refractivity contribution in [2.75, 3.05) is 26.8 Å². The molecule has 1 fully saturated rings. The Bertz CT molecular complexity index is 122. The number of aliphatic hydroxyl groups excluding tert-OH is 1. The smallest absolute Gasteiger partial charge is 0.0622 e. The molecular formula is C9H19NO2. The highest BCUT2D eigenvalue weighted by Gasteiger charge is 2.19. The predicted molar refractivity (Wildman–Crippen MR) is 48.2 cm³/mol. The topological polar surface area (TPSA) is 32.7 Å². The van der Waals surface area contributed by atoms with Crippen molar-refractivity contribution in [3.05, 3.63) is 0 Å². The molecule has 0 saturated carbocycles. The van der Waals surface area contributed by atoms with Gasteiger partial charge in [-0.15, -0.1) is 0 Å². The summed E-state index contributed by atoms with van der Waals surface area (Å²) in [6, 6.07) is 0.573. The first-order valence-corrected chi connectivity index (χ1v) is 4.66. The van der Waals surface area contributed by atoms with E-state index in [0.717, 1.165) is 32.6 Å². The van der Waals surface area contributed by atoms with E-state index in [-0.39, 0.29) is 6.10 Å². The maximum Gasteiger partial charge on any atom is 0.0622 e. The van der Waals surface area contributed by atoms with Crippen LogP contribution in [0.4, 0.5) is 0 Å². The standard InChI is InChI=1S/C9H19NO2/c1-8(11)3-5-10(2)9-4-6-12-7-9/h8-9,11H,3-7H2,1-2H3. The highest BCUT2D eigenvalue weighted by Crippen LogP contribution is 2.10. The number of hydrogen-bond acceptors (Lipinski definition) is 3. The molecule has 0 spiro atoms. The molecule has 2 unspecified atom stereocenters. The highest BCUT2D eigenvalue weighted by atomic mass is 16.5. The summed E-state index contributed by atoms with van der Waals surface area (Å²) in [6.45, 7) is 4.55. The largest absolute Gasteiger partial charge is 0.393 e. The molecular weight excluding hydrogens is 154 g/mol. The molecule has 0 aromatic heterocycles. The van der Waals surface area contributed by atoms with E-state index in [2.05, 4.69) is 11.9 Å². The summed E-state index contributed by atoms with van der Waals surface area (Å²) in [5.41, 5.74) is 0. The first-order valence-electron chi connectivity index (χ1n) is 4.66. The van der Waals surface area contributed by atoms with Gasteiger partial charge in [0, 0.05) is 19.2 Å². The van der Waals surface area contributed by atoms with Crippen molar-refractivity contribution in [3.63, 3.8) is 0 Å². The van der Waals surface area contributed by atoms with Gasteiger partial charge in [-0.1, -0.05) is 0 Å². The van der Waals surface area contributed by atoms with Crippen molar-refractivity contribution >= 4 is 0 Å². The van der Waals surface area contributed by atoms with E-state index in [1.54, 1.807) is 0 Å². The minimum absolute atomic E-state index is 0.185. The van der Waals surface area contributed by atoms with E-state index >= 15 is 0 Å². The third kappa shape index (κ3) is 3.09. The van der Waals surface area contributed by atoms with Crippen molar-refractivity contribution in [1.82, 2.24) is 4.90 Å². The van der Waals surface area contributed by atoms with E-state index in [4.69, 9.17) is 9.84 Å². The van der Waals surface area contributed by atoms with Gasteiger partial charge in [-0.3, -0.25) is 0 Å². The molecule has 12 heavy (non-hydrogen) atoms. The Morgan fingerprint density at radius 2 is 2.42 bits per heavy atom. The first-order chi connectivity index (χ1) is 5.70. The average molecular weight is 173 g/mol. The van der Waals surface area contributed by atoms with Gasteiger partial charge in [0.25, 0.3) is 0 Å². The summed E-state index contributed by atoms with van der Waals surface area (Å²) in [5, 5.41) is 9.09. The van der Waals surface area contributed by atoms with Crippen LogP contribution in [0.25, 0.3) is 0 Å². The van der Waals surface area contributed by atoms with Crippen LogP contribution in [0.5, 0.6) is 0 Å². The monoisotopic (exact) mass is 173 g/mol. The van der Waals surface area contributed by atoms with Crippen LogP contribution in [0.3, 0.4) is 0 Å². The van der Waals surface area contributed by atoms with Gasteiger partial charge in [0.2, 0.25) is 0 Å². The molecule has 1 saturated heterocycles. The average Bonchev–Trinajstić information content (AvgIpc) is 2.51. The van der Waals surface area contributed by atoms with Crippen LogP contribution in [-0.4, -0.2) is 49.0 Å². The molecule has 0 bridgehead atoms. The van der Waals surface area contributed by atoms with Crippen molar-refractivity contribution in [1.29, 1.82) is 0 Å². The quantitative estimate of drug-likeness (QED) is 0.671. The fourth-order valence-electron chi connectivity index (χ4n) is 1.44. The van der Waals surface area contributed by atoms with E-state index in [1.807, 2.05) is 6.92 Å². The Morgan fingerprint density at radius 1 is 1.67 bits per heavy atom. The molecule has 1 heterocycles. The second-order valence-electron chi connectivity index (χ2n) is 3.64. The van der Waals surface area contributed by atoms with Gasteiger partial charge in [-0.25, -0.2) is 0 Å². The SMILES string of the molecule is CC(O)CCN(C)C1CCOC1. The van der Waals surface area contributed by atoms with E-state index in [1.165, 1.54) is 0 Å². The van der Waals surface area contributed by atoms with Crippen LogP contribution in [0, 0.1) is 0 Å². The fraction of sp³-hybridized carbons (Fsp3) is 1.00. The molecule has 0 aromatic carbocycles. The van der Waals surface area contributed by atoms with Crippen molar-refractivity contribution < 1.29 is 9.84 Å². The Labute approximate surface area is 74.3 Å². The zero-order chi connectivity index (χ0) is 8.97. The predicted octanol–water partition coefficient (Wildman–Crippen LogP) is 0.478. The van der Waals surface area contributed by atoms with Gasteiger partial charge >= 0.3 is 0 Å². The molecule has 3 heteroatoms. The number of aliphatic hydroxyl groups is 1. The van der Waals surface area contributed by atoms with Crippen LogP contribution in [0.15, 0.2) is 0 Å². The zero-order valence-electron chi connectivity index (χ0n) is 7.99. The fourth-order valence-corrected chi connectivity index (χ4v) is 1.44. The lowest BCUT2D eigenvalue weighted by Gasteiger charge is -2.23. The number of nitrogens with zero attached hydrogens (tertiary/aromatic N) is 1. The molecule has 2 atom stereocenters. The summed E-state index contributed by atoms with van der Waals surface area (Å²) in [7, 11) is 2.10. The van der Waals surface area contributed by atoms with Crippen molar-refractivity contribution in [2.24, 2.45) is 0 Å². The van der Waals surface area contributed by atoms with Gasteiger partial charge in [-0.05, 0) is 26.8 Å². The lowest BCUT2D eigenvalue weighted by atomic mass is 10.2. The van der Waals surface area contributed by atoms with Crippen LogP contribution in [0.1, 0.15) is 19.8 Å². The number of ether oxygens (including phenoxy) is 1. The second-order valence-corrected chi connectivity index (χ2v) is 3.64. The molecule has 0 amide bonds. The normalized spacial score (nSPS) is 26.5. The number of likely N-dealkylation sites (N-methyl/N-ethyl adjacent to an activating group) is 1. The minimum Gasteiger partial charge on any atom is -0.393 e. The van der Waals surface area contributed by atoms with Gasteiger partial charge in [0.15, 0.2) is 0 Å². The summed E-state index contributed by atoms with van der Waals surface area (Å²) in [6.07, 6.45) is 1.80. The summed E-state index contributed by atoms with van der Waals surface area (Å²) < 4.78 is 5.28. The van der Waals surface area contributed by atoms with Crippen molar-refractivity contribution in [2.45, 2.75) is 31.9 Å². The molecule has 72 valence electrons. The Balaban J connectivity index is 2.13. The van der Waals surface area contributed by atoms with Crippen LogP contribution < -0.4 is 0 Å². The number of rotatable bonds is 4. The molecule has 1 rings (SSSR count). The highest BCUT2D eigenvalue weighted by molar-refractivity contribution is 4.73. The number of hydrogen-bond donors (Lipinski definition) is 1. The summed E-state index contributed by atoms with van der Waals surface area (Å²) in [4.78, 5) is 2.28. The van der Waals surface area contributed by atoms with Crippen molar-refractivity contribution in [3.8, 4) is 0 Å². The Kier molecular flexibility index (Phi) is 3.98. The third-order valence-electron chi connectivity index (χ3n) is 2.43. The van der Waals surface area contributed by atoms with Crippen LogP contribution >= 0.6 is 0 Å². The molecule has 3 nitrogen and oxygen atoms in total. The van der Waals surface area contributed by atoms with Gasteiger partial charge in [0.05, 0.1) is 12.7 Å². The van der Waals surface area contributed by atoms with Gasteiger partial charge in [0.1, 0.15) is 0 Å². The van der Waals surface area contributed by atoms with E-state index in [0.29, 0.717) is 6.04 Å². The van der Waals surface area contributed by atoms with Gasteiger partial charge < -0.3 is 14.7 Å². The molecule has 1 N–H and O–H groups in total. The maximum atomic E-state index is 9.09. The summed E-state index contributed by atoms with van der Waals surface area (Å²) >= 11 is 0. The zero-order valence-corrected chi connectivity index (χ0v) is 7.99. The molecule has 1 aliphatic rings. The van der Waals surface area contributed by atoms with Crippen LogP contribution in [-0.2, 0) is 4.74 Å². The first kappa shape index (κ1) is 9.96. The van der Waals surface area contributed by atoms with Gasteiger partial charge in [-0.2, -0.15) is 0 Å². The lowest BCUT2D eigenvalue weighted by molar-refractivity contribution is 0.133. The maximum absolute atomic E-state index is 9.09. The Morgan fingerprint density at radius 3 is 2.92 bits per heavy atom. The van der Waals surface area contributed by atoms with E-state index < -0.39 is 0 Å². The lowest BCUT2D eigenvalue weighted by Crippen LogP contribution is -2.33. The van der Waals surface area contributed by atoms with Crippen LogP contribution in [0.2, 0.25) is 0 Å².